The number of likely N-dealkylation sites (tertiary alicyclic amines) is 2. The van der Waals surface area contributed by atoms with Crippen molar-refractivity contribution in [2.45, 2.75) is 45.1 Å². The maximum Gasteiger partial charge on any atom is 0.170 e. The highest BCUT2D eigenvalue weighted by molar-refractivity contribution is 6.00. The van der Waals surface area contributed by atoms with Crippen LogP contribution in [0.1, 0.15) is 49.4 Å². The molecule has 27 heavy (non-hydrogen) atoms. The second-order valence-electron chi connectivity index (χ2n) is 7.84. The quantitative estimate of drug-likeness (QED) is 0.684. The van der Waals surface area contributed by atoms with Gasteiger partial charge in [0.1, 0.15) is 11.5 Å². The van der Waals surface area contributed by atoms with Gasteiger partial charge in [0.05, 0.1) is 19.8 Å². The minimum absolute atomic E-state index is 0.0646. The van der Waals surface area contributed by atoms with E-state index in [2.05, 4.69) is 16.7 Å². The van der Waals surface area contributed by atoms with Crippen molar-refractivity contribution in [3.8, 4) is 11.5 Å². The van der Waals surface area contributed by atoms with Gasteiger partial charge in [-0.3, -0.25) is 9.69 Å². The van der Waals surface area contributed by atoms with Gasteiger partial charge in [-0.05, 0) is 70.4 Å². The zero-order valence-electron chi connectivity index (χ0n) is 17.1. The number of hydrogen-bond donors (Lipinski definition) is 0. The van der Waals surface area contributed by atoms with Crippen molar-refractivity contribution in [3.63, 3.8) is 0 Å². The van der Waals surface area contributed by atoms with Crippen LogP contribution in [0, 0.1) is 5.92 Å². The molecule has 2 heterocycles. The average molecular weight is 375 g/mol. The molecule has 3 rings (SSSR count). The molecule has 0 bridgehead atoms. The van der Waals surface area contributed by atoms with Gasteiger partial charge >= 0.3 is 0 Å². The number of methoxy groups -OCH3 is 2. The molecular weight excluding hydrogens is 340 g/mol. The first kappa shape index (κ1) is 20.2. The number of ether oxygens (including phenoxy) is 2. The Morgan fingerprint density at radius 2 is 1.89 bits per heavy atom. The van der Waals surface area contributed by atoms with Crippen LogP contribution >= 0.6 is 0 Å². The van der Waals surface area contributed by atoms with E-state index in [0.29, 0.717) is 23.1 Å². The molecule has 1 aromatic rings. The van der Waals surface area contributed by atoms with Gasteiger partial charge in [0, 0.05) is 24.6 Å². The van der Waals surface area contributed by atoms with E-state index in [1.807, 2.05) is 12.1 Å². The van der Waals surface area contributed by atoms with E-state index in [1.54, 1.807) is 20.3 Å². The predicted octanol–water partition coefficient (Wildman–Crippen LogP) is 3.47. The second kappa shape index (κ2) is 9.56. The third-order valence-electron chi connectivity index (χ3n) is 6.11. The molecule has 0 aromatic heterocycles. The first-order valence-electron chi connectivity index (χ1n) is 10.4. The fourth-order valence-corrected chi connectivity index (χ4v) is 4.60. The standard InChI is InChI=1S/C22H34N2O3/c1-4-11-23-13-9-18(10-14-23)24-12-5-6-17(16-24)22(25)20-8-7-19(26-2)15-21(20)27-3/h7-8,15,17-18H,4-6,9-14,16H2,1-3H3/t17-/m0/s1. The zero-order valence-corrected chi connectivity index (χ0v) is 17.1. The first-order valence-corrected chi connectivity index (χ1v) is 10.4. The van der Waals surface area contributed by atoms with Gasteiger partial charge in [-0.25, -0.2) is 0 Å². The smallest absolute Gasteiger partial charge is 0.170 e. The Morgan fingerprint density at radius 1 is 1.11 bits per heavy atom. The molecule has 0 saturated carbocycles. The highest BCUT2D eigenvalue weighted by atomic mass is 16.5. The van der Waals surface area contributed by atoms with Crippen molar-refractivity contribution in [1.29, 1.82) is 0 Å². The number of ketones is 1. The molecule has 150 valence electrons. The third kappa shape index (κ3) is 4.82. The van der Waals surface area contributed by atoms with Crippen LogP contribution in [0.15, 0.2) is 18.2 Å². The largest absolute Gasteiger partial charge is 0.497 e. The number of benzene rings is 1. The van der Waals surface area contributed by atoms with Gasteiger partial charge in [-0.1, -0.05) is 6.92 Å². The van der Waals surface area contributed by atoms with Gasteiger partial charge in [0.25, 0.3) is 0 Å². The van der Waals surface area contributed by atoms with Crippen molar-refractivity contribution in [3.05, 3.63) is 23.8 Å². The summed E-state index contributed by atoms with van der Waals surface area (Å²) in [6.45, 7) is 7.86. The molecule has 1 atom stereocenters. The number of hydrogen-bond acceptors (Lipinski definition) is 5. The van der Waals surface area contributed by atoms with Gasteiger partial charge in [-0.15, -0.1) is 0 Å². The van der Waals surface area contributed by atoms with Crippen molar-refractivity contribution in [1.82, 2.24) is 9.80 Å². The molecule has 2 aliphatic heterocycles. The van der Waals surface area contributed by atoms with Gasteiger partial charge in [0.2, 0.25) is 0 Å². The van der Waals surface area contributed by atoms with Crippen molar-refractivity contribution in [2.75, 3.05) is 46.9 Å². The monoisotopic (exact) mass is 374 g/mol. The lowest BCUT2D eigenvalue weighted by atomic mass is 9.88. The summed E-state index contributed by atoms with van der Waals surface area (Å²) in [6.07, 6.45) is 5.76. The van der Waals surface area contributed by atoms with E-state index >= 15 is 0 Å². The lowest BCUT2D eigenvalue weighted by molar-refractivity contribution is 0.0595. The van der Waals surface area contributed by atoms with Crippen LogP contribution in [0.25, 0.3) is 0 Å². The average Bonchev–Trinajstić information content (AvgIpc) is 2.73. The second-order valence-corrected chi connectivity index (χ2v) is 7.84. The number of carbonyl (C=O) groups excluding carboxylic acids is 1. The predicted molar refractivity (Wildman–Crippen MR) is 108 cm³/mol. The van der Waals surface area contributed by atoms with Crippen LogP contribution in [0.2, 0.25) is 0 Å². The number of rotatable bonds is 7. The lowest BCUT2D eigenvalue weighted by Gasteiger charge is -2.42. The van der Waals surface area contributed by atoms with Gasteiger partial charge in [0.15, 0.2) is 5.78 Å². The van der Waals surface area contributed by atoms with E-state index in [0.717, 1.165) is 25.9 Å². The molecule has 0 spiro atoms. The highest BCUT2D eigenvalue weighted by Gasteiger charge is 2.32. The van der Waals surface area contributed by atoms with Crippen molar-refractivity contribution in [2.24, 2.45) is 5.92 Å². The van der Waals surface area contributed by atoms with E-state index < -0.39 is 0 Å². The van der Waals surface area contributed by atoms with Crippen molar-refractivity contribution < 1.29 is 14.3 Å². The molecule has 2 aliphatic rings. The summed E-state index contributed by atoms with van der Waals surface area (Å²) in [5.74, 6) is 1.61. The Hall–Kier alpha value is -1.59. The van der Waals surface area contributed by atoms with E-state index in [9.17, 15) is 4.79 Å². The Balaban J connectivity index is 1.63. The Kier molecular flexibility index (Phi) is 7.13. The molecule has 0 aliphatic carbocycles. The molecule has 5 heteroatoms. The molecule has 5 nitrogen and oxygen atoms in total. The normalized spacial score (nSPS) is 22.6. The van der Waals surface area contributed by atoms with Crippen molar-refractivity contribution >= 4 is 5.78 Å². The maximum atomic E-state index is 13.2. The minimum Gasteiger partial charge on any atom is -0.497 e. The van der Waals surface area contributed by atoms with Gasteiger partial charge < -0.3 is 14.4 Å². The van der Waals surface area contributed by atoms with Crippen LogP contribution in [0.3, 0.4) is 0 Å². The molecule has 2 fully saturated rings. The molecule has 2 saturated heterocycles. The minimum atomic E-state index is 0.0646. The lowest BCUT2D eigenvalue weighted by Crippen LogP contribution is -2.49. The van der Waals surface area contributed by atoms with Crippen LogP contribution in [-0.2, 0) is 0 Å². The summed E-state index contributed by atoms with van der Waals surface area (Å²) in [6, 6.07) is 6.13. The first-order chi connectivity index (χ1) is 13.2. The van der Waals surface area contributed by atoms with E-state index in [-0.39, 0.29) is 11.7 Å². The summed E-state index contributed by atoms with van der Waals surface area (Å²) in [7, 11) is 3.24. The molecule has 0 radical (unpaired) electrons. The summed E-state index contributed by atoms with van der Waals surface area (Å²) < 4.78 is 10.7. The SMILES string of the molecule is CCCN1CCC(N2CCC[C@H](C(=O)c3ccc(OC)cc3OC)C2)CC1. The summed E-state index contributed by atoms with van der Waals surface area (Å²) in [4.78, 5) is 18.3. The van der Waals surface area contributed by atoms with Gasteiger partial charge in [-0.2, -0.15) is 0 Å². The molecule has 0 unspecified atom stereocenters. The molecule has 0 N–H and O–H groups in total. The Labute approximate surface area is 163 Å². The summed E-state index contributed by atoms with van der Waals surface area (Å²) in [5, 5.41) is 0. The van der Waals surface area contributed by atoms with Crippen LogP contribution in [0.4, 0.5) is 0 Å². The number of piperidine rings is 2. The topological polar surface area (TPSA) is 42.0 Å². The molecule has 0 amide bonds. The van der Waals surface area contributed by atoms with Crippen LogP contribution < -0.4 is 9.47 Å². The fraction of sp³-hybridized carbons (Fsp3) is 0.682. The van der Waals surface area contributed by atoms with Crippen LogP contribution in [-0.4, -0.2) is 68.6 Å². The number of nitrogens with zero attached hydrogens (tertiary/aromatic N) is 2. The van der Waals surface area contributed by atoms with Crippen LogP contribution in [0.5, 0.6) is 11.5 Å². The third-order valence-corrected chi connectivity index (χ3v) is 6.11. The van der Waals surface area contributed by atoms with E-state index in [4.69, 9.17) is 9.47 Å². The number of carbonyl (C=O) groups is 1. The number of Topliss-reactive ketones (excluding diaryl/α,β-unsaturated/α-hetero) is 1. The summed E-state index contributed by atoms with van der Waals surface area (Å²) >= 11 is 0. The highest BCUT2D eigenvalue weighted by Crippen LogP contribution is 2.31. The van der Waals surface area contributed by atoms with E-state index in [1.165, 1.54) is 38.9 Å². The maximum absolute atomic E-state index is 13.2. The Bertz CT molecular complexity index is 626. The molecular formula is C22H34N2O3. The molecule has 1 aromatic carbocycles. The Morgan fingerprint density at radius 3 is 2.56 bits per heavy atom. The fourth-order valence-electron chi connectivity index (χ4n) is 4.60. The zero-order chi connectivity index (χ0) is 19.2. The summed E-state index contributed by atoms with van der Waals surface area (Å²) in [5.41, 5.74) is 0.683.